The maximum Gasteiger partial charge on any atom is 0.0727 e. The van der Waals surface area contributed by atoms with Crippen LogP contribution in [0.25, 0.3) is 0 Å². The molecule has 0 aromatic rings. The number of nitrogens with zero attached hydrogens (tertiary/aromatic N) is 2. The minimum atomic E-state index is 0.647. The monoisotopic (exact) mass is 215 g/mol. The number of likely N-dealkylation sites (N-methyl/N-ethyl adjacent to an activating group) is 1. The quantitative estimate of drug-likeness (QED) is 0.684. The van der Waals surface area contributed by atoms with Gasteiger partial charge in [0.15, 0.2) is 0 Å². The number of likely N-dealkylation sites (tertiary alicyclic amines) is 1. The van der Waals surface area contributed by atoms with Gasteiger partial charge in [0.25, 0.3) is 0 Å². The van der Waals surface area contributed by atoms with Crippen LogP contribution in [0.15, 0.2) is 0 Å². The van der Waals surface area contributed by atoms with Gasteiger partial charge in [0.2, 0.25) is 0 Å². The predicted molar refractivity (Wildman–Crippen MR) is 64.6 cm³/mol. The fourth-order valence-electron chi connectivity index (χ4n) is 1.91. The number of nitrogens with two attached hydrogens (primary N) is 1. The number of thiocarbonyl (C=S) groups is 1. The lowest BCUT2D eigenvalue weighted by Gasteiger charge is -2.20. The fourth-order valence-corrected chi connectivity index (χ4v) is 2.06. The molecule has 2 N–H and O–H groups in total. The summed E-state index contributed by atoms with van der Waals surface area (Å²) in [6.45, 7) is 3.56. The van der Waals surface area contributed by atoms with E-state index in [2.05, 4.69) is 23.9 Å². The van der Waals surface area contributed by atoms with Gasteiger partial charge in [-0.3, -0.25) is 0 Å². The molecule has 1 fully saturated rings. The molecule has 1 aliphatic rings. The van der Waals surface area contributed by atoms with Gasteiger partial charge >= 0.3 is 0 Å². The van der Waals surface area contributed by atoms with Crippen molar-refractivity contribution in [2.75, 3.05) is 33.7 Å². The fraction of sp³-hybridized carbons (Fsp3) is 0.900. The Morgan fingerprint density at radius 1 is 1.57 bits per heavy atom. The molecule has 0 aromatic heterocycles. The summed E-state index contributed by atoms with van der Waals surface area (Å²) in [6, 6.07) is 0.736. The van der Waals surface area contributed by atoms with Crippen molar-refractivity contribution in [2.24, 2.45) is 5.73 Å². The van der Waals surface area contributed by atoms with Gasteiger partial charge in [0, 0.05) is 12.6 Å². The lowest BCUT2D eigenvalue weighted by Crippen LogP contribution is -2.32. The van der Waals surface area contributed by atoms with Crippen LogP contribution in [-0.2, 0) is 0 Å². The topological polar surface area (TPSA) is 32.5 Å². The maximum absolute atomic E-state index is 5.46. The Bertz CT molecular complexity index is 194. The van der Waals surface area contributed by atoms with E-state index in [1.54, 1.807) is 0 Å². The van der Waals surface area contributed by atoms with Crippen LogP contribution < -0.4 is 5.73 Å². The summed E-state index contributed by atoms with van der Waals surface area (Å²) in [6.07, 6.45) is 3.29. The molecule has 0 bridgehead atoms. The summed E-state index contributed by atoms with van der Waals surface area (Å²) < 4.78 is 0. The minimum Gasteiger partial charge on any atom is -0.393 e. The summed E-state index contributed by atoms with van der Waals surface area (Å²) in [5.41, 5.74) is 5.46. The third kappa shape index (κ3) is 3.90. The van der Waals surface area contributed by atoms with E-state index in [0.717, 1.165) is 25.4 Å². The van der Waals surface area contributed by atoms with Gasteiger partial charge in [-0.2, -0.15) is 0 Å². The highest BCUT2D eigenvalue weighted by Gasteiger charge is 2.22. The van der Waals surface area contributed by atoms with Crippen molar-refractivity contribution in [1.29, 1.82) is 0 Å². The highest BCUT2D eigenvalue weighted by Crippen LogP contribution is 2.13. The average molecular weight is 215 g/mol. The van der Waals surface area contributed by atoms with Crippen molar-refractivity contribution >= 4 is 17.2 Å². The Morgan fingerprint density at radius 3 is 2.79 bits per heavy atom. The second-order valence-corrected chi connectivity index (χ2v) is 4.80. The Morgan fingerprint density at radius 2 is 2.29 bits per heavy atom. The molecule has 0 spiro atoms. The van der Waals surface area contributed by atoms with E-state index in [4.69, 9.17) is 18.0 Å². The van der Waals surface area contributed by atoms with E-state index in [9.17, 15) is 0 Å². The molecule has 82 valence electrons. The normalized spacial score (nSPS) is 23.2. The van der Waals surface area contributed by atoms with Crippen LogP contribution in [0, 0.1) is 0 Å². The smallest absolute Gasteiger partial charge is 0.0727 e. The second-order valence-electron chi connectivity index (χ2n) is 4.28. The van der Waals surface area contributed by atoms with Crippen LogP contribution in [0.1, 0.15) is 19.3 Å². The Labute approximate surface area is 92.2 Å². The van der Waals surface area contributed by atoms with Gasteiger partial charge in [0.05, 0.1) is 4.99 Å². The van der Waals surface area contributed by atoms with Crippen molar-refractivity contribution in [2.45, 2.75) is 25.3 Å². The van der Waals surface area contributed by atoms with Gasteiger partial charge in [-0.1, -0.05) is 12.2 Å². The molecule has 0 aliphatic carbocycles. The van der Waals surface area contributed by atoms with Crippen molar-refractivity contribution in [3.63, 3.8) is 0 Å². The Balaban J connectivity index is 2.13. The van der Waals surface area contributed by atoms with Gasteiger partial charge in [-0.25, -0.2) is 0 Å². The van der Waals surface area contributed by atoms with Crippen LogP contribution >= 0.6 is 12.2 Å². The Hall–Kier alpha value is -0.190. The molecule has 0 saturated carbocycles. The van der Waals surface area contributed by atoms with E-state index in [1.165, 1.54) is 19.5 Å². The standard InChI is InChI=1S/C10H21N3S/c1-12(2)9-5-7-13(8-9)6-3-4-10(11)14/h9H,3-8H2,1-2H3,(H2,11,14). The number of hydrogen-bond acceptors (Lipinski definition) is 3. The lowest BCUT2D eigenvalue weighted by atomic mass is 10.2. The highest BCUT2D eigenvalue weighted by molar-refractivity contribution is 7.80. The van der Waals surface area contributed by atoms with Crippen LogP contribution in [0.4, 0.5) is 0 Å². The third-order valence-corrected chi connectivity index (χ3v) is 3.08. The predicted octanol–water partition coefficient (Wildman–Crippen LogP) is 0.689. The summed E-state index contributed by atoms with van der Waals surface area (Å²) in [5, 5.41) is 0. The molecule has 0 amide bonds. The molecule has 1 unspecified atom stereocenters. The summed E-state index contributed by atoms with van der Waals surface area (Å²) in [5.74, 6) is 0. The first kappa shape index (κ1) is 11.9. The molecule has 1 atom stereocenters. The van der Waals surface area contributed by atoms with Crippen molar-refractivity contribution in [1.82, 2.24) is 9.80 Å². The zero-order valence-electron chi connectivity index (χ0n) is 9.20. The molecule has 0 aromatic carbocycles. The van der Waals surface area contributed by atoms with Crippen molar-refractivity contribution in [3.8, 4) is 0 Å². The molecule has 1 aliphatic heterocycles. The van der Waals surface area contributed by atoms with Crippen LogP contribution in [0.3, 0.4) is 0 Å². The van der Waals surface area contributed by atoms with Crippen LogP contribution in [-0.4, -0.2) is 54.6 Å². The first-order valence-electron chi connectivity index (χ1n) is 5.26. The van der Waals surface area contributed by atoms with Crippen molar-refractivity contribution < 1.29 is 0 Å². The van der Waals surface area contributed by atoms with Crippen molar-refractivity contribution in [3.05, 3.63) is 0 Å². The number of hydrogen-bond donors (Lipinski definition) is 1. The van der Waals surface area contributed by atoms with Gasteiger partial charge in [-0.05, 0) is 46.4 Å². The molecule has 14 heavy (non-hydrogen) atoms. The first-order chi connectivity index (χ1) is 6.59. The lowest BCUT2D eigenvalue weighted by molar-refractivity contribution is 0.268. The summed E-state index contributed by atoms with van der Waals surface area (Å²) >= 11 is 4.85. The molecular weight excluding hydrogens is 194 g/mol. The molecule has 1 saturated heterocycles. The van der Waals surface area contributed by atoms with E-state index < -0.39 is 0 Å². The third-order valence-electron chi connectivity index (χ3n) is 2.88. The molecule has 4 heteroatoms. The van der Waals surface area contributed by atoms with Crippen LogP contribution in [0.5, 0.6) is 0 Å². The zero-order valence-corrected chi connectivity index (χ0v) is 10.0. The SMILES string of the molecule is CN(C)C1CCN(CCCC(N)=S)C1. The Kier molecular flexibility index (Phi) is 4.78. The van der Waals surface area contributed by atoms with E-state index in [-0.39, 0.29) is 0 Å². The number of rotatable bonds is 5. The molecule has 1 heterocycles. The van der Waals surface area contributed by atoms with Crippen LogP contribution in [0.2, 0.25) is 0 Å². The average Bonchev–Trinajstić information content (AvgIpc) is 2.52. The summed E-state index contributed by atoms with van der Waals surface area (Å²) in [7, 11) is 4.31. The van der Waals surface area contributed by atoms with Gasteiger partial charge < -0.3 is 15.5 Å². The molecule has 0 radical (unpaired) electrons. The highest BCUT2D eigenvalue weighted by atomic mass is 32.1. The maximum atomic E-state index is 5.46. The van der Waals surface area contributed by atoms with E-state index in [1.807, 2.05) is 0 Å². The van der Waals surface area contributed by atoms with E-state index >= 15 is 0 Å². The molecular formula is C10H21N3S. The van der Waals surface area contributed by atoms with Gasteiger partial charge in [0.1, 0.15) is 0 Å². The second kappa shape index (κ2) is 5.63. The first-order valence-corrected chi connectivity index (χ1v) is 5.67. The van der Waals surface area contributed by atoms with E-state index in [0.29, 0.717) is 4.99 Å². The zero-order chi connectivity index (χ0) is 10.6. The largest absolute Gasteiger partial charge is 0.393 e. The minimum absolute atomic E-state index is 0.647. The summed E-state index contributed by atoms with van der Waals surface area (Å²) in [4.78, 5) is 5.46. The molecule has 1 rings (SSSR count). The molecule has 3 nitrogen and oxygen atoms in total. The van der Waals surface area contributed by atoms with Gasteiger partial charge in [-0.15, -0.1) is 0 Å².